The summed E-state index contributed by atoms with van der Waals surface area (Å²) in [7, 11) is 0. The fraction of sp³-hybridized carbons (Fsp3) is 0.556. The molecular weight excluding hydrogens is 304 g/mol. The maximum absolute atomic E-state index is 12.8. The molecule has 1 saturated heterocycles. The van der Waals surface area contributed by atoms with Crippen molar-refractivity contribution in [2.45, 2.75) is 45.0 Å². The van der Waals surface area contributed by atoms with Crippen LogP contribution < -0.4 is 10.5 Å². The molecule has 128 valence electrons. The van der Waals surface area contributed by atoms with Gasteiger partial charge in [-0.3, -0.25) is 14.3 Å². The third-order valence-corrected chi connectivity index (χ3v) is 5.31. The second-order valence-corrected chi connectivity index (χ2v) is 6.91. The Morgan fingerprint density at radius 1 is 1.04 bits per heavy atom. The molecule has 1 aromatic carbocycles. The van der Waals surface area contributed by atoms with Gasteiger partial charge in [-0.2, -0.15) is 0 Å². The smallest absolute Gasteiger partial charge is 0.262 e. The summed E-state index contributed by atoms with van der Waals surface area (Å²) < 4.78 is 1.71. The van der Waals surface area contributed by atoms with Crippen LogP contribution >= 0.6 is 0 Å². The molecule has 24 heavy (non-hydrogen) atoms. The third kappa shape index (κ3) is 2.41. The van der Waals surface area contributed by atoms with Gasteiger partial charge in [0.05, 0.1) is 10.9 Å². The Labute approximate surface area is 141 Å². The summed E-state index contributed by atoms with van der Waals surface area (Å²) in [6, 6.07) is 7.43. The second kappa shape index (κ2) is 5.86. The van der Waals surface area contributed by atoms with Gasteiger partial charge in [0.25, 0.3) is 5.56 Å². The molecule has 0 bridgehead atoms. The monoisotopic (exact) mass is 328 g/mol. The van der Waals surface area contributed by atoms with Crippen LogP contribution in [0.3, 0.4) is 0 Å². The molecule has 0 radical (unpaired) electrons. The van der Waals surface area contributed by atoms with Crippen LogP contribution in [0.5, 0.6) is 0 Å². The predicted molar refractivity (Wildman–Crippen MR) is 94.0 cm³/mol. The summed E-state index contributed by atoms with van der Waals surface area (Å²) in [5, 5.41) is 11.9. The molecule has 1 atom stereocenters. The first kappa shape index (κ1) is 15.6. The van der Waals surface area contributed by atoms with Crippen molar-refractivity contribution in [2.24, 2.45) is 0 Å². The van der Waals surface area contributed by atoms with Crippen LogP contribution in [0.2, 0.25) is 0 Å². The van der Waals surface area contributed by atoms with Crippen LogP contribution in [0.15, 0.2) is 29.1 Å². The summed E-state index contributed by atoms with van der Waals surface area (Å²) in [5.41, 5.74) is 0.671. The maximum atomic E-state index is 12.8. The molecule has 3 heterocycles. The summed E-state index contributed by atoms with van der Waals surface area (Å²) in [4.78, 5) is 21.5. The number of anilines is 1. The molecule has 0 amide bonds. The quantitative estimate of drug-likeness (QED) is 0.910. The van der Waals surface area contributed by atoms with Crippen LogP contribution in [-0.4, -0.2) is 45.0 Å². The number of aliphatic hydroxyl groups is 1. The first-order valence-corrected chi connectivity index (χ1v) is 8.84. The normalized spacial score (nSPS) is 21.5. The van der Waals surface area contributed by atoms with Crippen LogP contribution in [0.1, 0.15) is 32.6 Å². The van der Waals surface area contributed by atoms with Crippen molar-refractivity contribution in [1.29, 1.82) is 0 Å². The van der Waals surface area contributed by atoms with E-state index in [2.05, 4.69) is 4.90 Å². The lowest BCUT2D eigenvalue weighted by atomic mass is 10.1. The van der Waals surface area contributed by atoms with E-state index in [9.17, 15) is 9.90 Å². The van der Waals surface area contributed by atoms with Crippen molar-refractivity contribution in [3.63, 3.8) is 0 Å². The number of hydrogen-bond acceptors (Lipinski definition) is 5. The molecule has 1 aromatic heterocycles. The molecule has 6 heteroatoms. The molecule has 1 N–H and O–H groups in total. The van der Waals surface area contributed by atoms with Gasteiger partial charge in [0.2, 0.25) is 5.95 Å². The highest BCUT2D eigenvalue weighted by molar-refractivity contribution is 5.78. The molecule has 1 unspecified atom stereocenters. The fourth-order valence-electron chi connectivity index (χ4n) is 3.94. The van der Waals surface area contributed by atoms with E-state index < -0.39 is 5.85 Å². The van der Waals surface area contributed by atoms with E-state index in [4.69, 9.17) is 4.98 Å². The van der Waals surface area contributed by atoms with Crippen LogP contribution in [0.25, 0.3) is 10.9 Å². The number of fused-ring (bicyclic) bond motifs is 2. The molecule has 2 aliphatic rings. The molecule has 2 aromatic rings. The van der Waals surface area contributed by atoms with Crippen molar-refractivity contribution < 1.29 is 5.11 Å². The van der Waals surface area contributed by atoms with Gasteiger partial charge in [-0.15, -0.1) is 0 Å². The van der Waals surface area contributed by atoms with Gasteiger partial charge in [0.1, 0.15) is 0 Å². The van der Waals surface area contributed by atoms with Gasteiger partial charge in [-0.1, -0.05) is 18.6 Å². The standard InChI is InChI=1S/C18H24N4O2/c1-18(24,20-10-5-2-6-11-20)22-13-7-12-21-16(23)14-8-3-4-9-15(14)19-17(21)22/h3-4,8-9,24H,2,5-7,10-13H2,1H3. The summed E-state index contributed by atoms with van der Waals surface area (Å²) in [6.07, 6.45) is 4.24. The van der Waals surface area contributed by atoms with Crippen molar-refractivity contribution in [1.82, 2.24) is 14.5 Å². The van der Waals surface area contributed by atoms with Gasteiger partial charge in [-0.25, -0.2) is 4.98 Å². The van der Waals surface area contributed by atoms with Crippen LogP contribution in [0.4, 0.5) is 5.95 Å². The van der Waals surface area contributed by atoms with Gasteiger partial charge in [-0.05, 0) is 38.3 Å². The molecule has 1 fully saturated rings. The zero-order chi connectivity index (χ0) is 16.7. The number of aromatic nitrogens is 2. The Balaban J connectivity index is 1.82. The van der Waals surface area contributed by atoms with Gasteiger partial charge < -0.3 is 10.0 Å². The lowest BCUT2D eigenvalue weighted by molar-refractivity contribution is -0.105. The number of hydrogen-bond donors (Lipinski definition) is 1. The van der Waals surface area contributed by atoms with E-state index in [0.29, 0.717) is 29.9 Å². The number of rotatable bonds is 2. The highest BCUT2D eigenvalue weighted by Gasteiger charge is 2.40. The van der Waals surface area contributed by atoms with Crippen molar-refractivity contribution in [2.75, 3.05) is 24.5 Å². The largest absolute Gasteiger partial charge is 0.358 e. The third-order valence-electron chi connectivity index (χ3n) is 5.31. The lowest BCUT2D eigenvalue weighted by Crippen LogP contribution is -2.62. The Hall–Kier alpha value is -1.92. The predicted octanol–water partition coefficient (Wildman–Crippen LogP) is 1.76. The van der Waals surface area contributed by atoms with E-state index in [1.165, 1.54) is 6.42 Å². The Morgan fingerprint density at radius 3 is 2.58 bits per heavy atom. The van der Waals surface area contributed by atoms with Gasteiger partial charge in [0, 0.05) is 26.2 Å². The summed E-state index contributed by atoms with van der Waals surface area (Å²) in [6.45, 7) is 4.94. The molecule has 0 saturated carbocycles. The Morgan fingerprint density at radius 2 is 1.79 bits per heavy atom. The van der Waals surface area contributed by atoms with Crippen LogP contribution in [-0.2, 0) is 6.54 Å². The molecule has 4 rings (SSSR count). The minimum Gasteiger partial charge on any atom is -0.358 e. The second-order valence-electron chi connectivity index (χ2n) is 6.91. The zero-order valence-corrected chi connectivity index (χ0v) is 14.1. The number of benzene rings is 1. The SMILES string of the molecule is CC(O)(N1CCCCC1)N1CCCn2c1nc1ccccc1c2=O. The topological polar surface area (TPSA) is 61.6 Å². The molecule has 2 aliphatic heterocycles. The lowest BCUT2D eigenvalue weighted by Gasteiger charge is -2.48. The van der Waals surface area contributed by atoms with Crippen molar-refractivity contribution >= 4 is 16.9 Å². The maximum Gasteiger partial charge on any atom is 0.262 e. The van der Waals surface area contributed by atoms with Crippen LogP contribution in [0, 0.1) is 0 Å². The highest BCUT2D eigenvalue weighted by atomic mass is 16.3. The van der Waals surface area contributed by atoms with E-state index in [1.54, 1.807) is 4.57 Å². The Bertz CT molecular complexity index is 808. The average molecular weight is 328 g/mol. The van der Waals surface area contributed by atoms with E-state index in [1.807, 2.05) is 36.1 Å². The average Bonchev–Trinajstić information content (AvgIpc) is 2.62. The number of para-hydroxylation sites is 1. The summed E-state index contributed by atoms with van der Waals surface area (Å²) >= 11 is 0. The first-order valence-electron chi connectivity index (χ1n) is 8.84. The highest BCUT2D eigenvalue weighted by Crippen LogP contribution is 2.29. The minimum absolute atomic E-state index is 0.0188. The van der Waals surface area contributed by atoms with Crippen molar-refractivity contribution in [3.8, 4) is 0 Å². The van der Waals surface area contributed by atoms with E-state index in [-0.39, 0.29) is 5.56 Å². The molecular formula is C18H24N4O2. The molecule has 0 spiro atoms. The first-order chi connectivity index (χ1) is 11.6. The fourth-order valence-corrected chi connectivity index (χ4v) is 3.94. The molecule has 0 aliphatic carbocycles. The molecule has 6 nitrogen and oxygen atoms in total. The number of likely N-dealkylation sites (tertiary alicyclic amines) is 1. The van der Waals surface area contributed by atoms with Gasteiger partial charge >= 0.3 is 0 Å². The van der Waals surface area contributed by atoms with Crippen molar-refractivity contribution in [3.05, 3.63) is 34.6 Å². The number of nitrogens with zero attached hydrogens (tertiary/aromatic N) is 4. The minimum atomic E-state index is -1.12. The van der Waals surface area contributed by atoms with Gasteiger partial charge in [0.15, 0.2) is 5.85 Å². The van der Waals surface area contributed by atoms with E-state index in [0.717, 1.165) is 32.4 Å². The summed E-state index contributed by atoms with van der Waals surface area (Å²) in [5.74, 6) is -0.537. The number of piperidine rings is 1. The zero-order valence-electron chi connectivity index (χ0n) is 14.1. The van der Waals surface area contributed by atoms with E-state index >= 15 is 0 Å². The Kier molecular flexibility index (Phi) is 3.81.